The maximum atomic E-state index is 12.4. The van der Waals surface area contributed by atoms with Crippen molar-refractivity contribution in [3.8, 4) is 0 Å². The Balaban J connectivity index is 1.54. The number of amides is 1. The molecule has 4 nitrogen and oxygen atoms in total. The molecule has 0 aliphatic heterocycles. The third-order valence-corrected chi connectivity index (χ3v) is 5.49. The van der Waals surface area contributed by atoms with Gasteiger partial charge in [-0.2, -0.15) is 0 Å². The van der Waals surface area contributed by atoms with Gasteiger partial charge in [-0.25, -0.2) is 4.98 Å². The Hall–Kier alpha value is -2.40. The summed E-state index contributed by atoms with van der Waals surface area (Å²) in [6, 6.07) is 12.4. The van der Waals surface area contributed by atoms with E-state index in [1.165, 1.54) is 16.0 Å². The van der Waals surface area contributed by atoms with Crippen molar-refractivity contribution in [2.24, 2.45) is 0 Å². The molecule has 2 heterocycles. The van der Waals surface area contributed by atoms with E-state index in [9.17, 15) is 4.79 Å². The van der Waals surface area contributed by atoms with E-state index in [4.69, 9.17) is 0 Å². The van der Waals surface area contributed by atoms with Crippen LogP contribution in [0.15, 0.2) is 48.8 Å². The molecule has 3 rings (SSSR count). The number of nitrogens with one attached hydrogen (secondary N) is 1. The fourth-order valence-corrected chi connectivity index (χ4v) is 4.00. The number of thiophene rings is 1. The van der Waals surface area contributed by atoms with Crippen LogP contribution in [0.5, 0.6) is 0 Å². The molecule has 3 aromatic rings. The minimum Gasteiger partial charge on any atom is -0.351 e. The number of aryl methyl sites for hydroxylation is 2. The highest BCUT2D eigenvalue weighted by Crippen LogP contribution is 2.22. The van der Waals surface area contributed by atoms with Gasteiger partial charge in [-0.1, -0.05) is 43.7 Å². The lowest BCUT2D eigenvalue weighted by molar-refractivity contribution is 0.0958. The summed E-state index contributed by atoms with van der Waals surface area (Å²) in [4.78, 5) is 18.9. The van der Waals surface area contributed by atoms with E-state index >= 15 is 0 Å². The van der Waals surface area contributed by atoms with Crippen LogP contribution in [0.25, 0.3) is 0 Å². The minimum atomic E-state index is 0.0154. The molecule has 0 spiro atoms. The molecule has 1 amide bonds. The van der Waals surface area contributed by atoms with Gasteiger partial charge in [0.2, 0.25) is 0 Å². The zero-order valence-electron chi connectivity index (χ0n) is 15.4. The largest absolute Gasteiger partial charge is 0.351 e. The van der Waals surface area contributed by atoms with E-state index in [-0.39, 0.29) is 5.91 Å². The number of hydrogen-bond donors (Lipinski definition) is 1. The number of aromatic nitrogens is 2. The lowest BCUT2D eigenvalue weighted by atomic mass is 10.1. The molecule has 0 unspecified atom stereocenters. The summed E-state index contributed by atoms with van der Waals surface area (Å²) in [6.07, 6.45) is 6.66. The maximum Gasteiger partial charge on any atom is 0.261 e. The number of carbonyl (C=O) groups excluding carboxylic acids is 1. The highest BCUT2D eigenvalue weighted by molar-refractivity contribution is 7.14. The average molecular weight is 368 g/mol. The number of benzene rings is 1. The molecule has 1 N–H and O–H groups in total. The third-order valence-electron chi connectivity index (χ3n) is 4.40. The van der Waals surface area contributed by atoms with Crippen LogP contribution in [-0.4, -0.2) is 22.0 Å². The first-order chi connectivity index (χ1) is 12.7. The van der Waals surface area contributed by atoms with Crippen LogP contribution >= 0.6 is 11.3 Å². The van der Waals surface area contributed by atoms with Crippen molar-refractivity contribution in [1.29, 1.82) is 0 Å². The Morgan fingerprint density at radius 1 is 1.23 bits per heavy atom. The lowest BCUT2D eigenvalue weighted by Crippen LogP contribution is -2.25. The number of rotatable bonds is 8. The van der Waals surface area contributed by atoms with Gasteiger partial charge in [0.25, 0.3) is 5.91 Å². The van der Waals surface area contributed by atoms with Gasteiger partial charge in [-0.3, -0.25) is 4.79 Å². The lowest BCUT2D eigenvalue weighted by Gasteiger charge is -2.08. The zero-order chi connectivity index (χ0) is 18.4. The molecule has 136 valence electrons. The van der Waals surface area contributed by atoms with Gasteiger partial charge >= 0.3 is 0 Å². The Bertz CT molecular complexity index is 851. The standard InChI is InChI=1S/C21H25N3OS/c1-3-7-18-14-19(26-16(18)2)21(25)23-11-10-20-22-12-13-24(20)15-17-8-5-4-6-9-17/h4-6,8-9,12-14H,3,7,10-11,15H2,1-2H3,(H,23,25). The molecule has 2 aromatic heterocycles. The van der Waals surface area contributed by atoms with Gasteiger partial charge in [-0.05, 0) is 30.5 Å². The van der Waals surface area contributed by atoms with Gasteiger partial charge in [-0.15, -0.1) is 11.3 Å². The number of hydrogen-bond acceptors (Lipinski definition) is 3. The summed E-state index contributed by atoms with van der Waals surface area (Å²) in [7, 11) is 0. The van der Waals surface area contributed by atoms with Gasteiger partial charge in [0.1, 0.15) is 5.82 Å². The average Bonchev–Trinajstić information content (AvgIpc) is 3.23. The normalized spacial score (nSPS) is 10.8. The first kappa shape index (κ1) is 18.4. The summed E-state index contributed by atoms with van der Waals surface area (Å²) >= 11 is 1.58. The topological polar surface area (TPSA) is 46.9 Å². The van der Waals surface area contributed by atoms with Crippen LogP contribution in [-0.2, 0) is 19.4 Å². The highest BCUT2D eigenvalue weighted by atomic mass is 32.1. The first-order valence-corrected chi connectivity index (χ1v) is 9.90. The van der Waals surface area contributed by atoms with Crippen LogP contribution in [0.3, 0.4) is 0 Å². The van der Waals surface area contributed by atoms with E-state index in [0.29, 0.717) is 6.54 Å². The van der Waals surface area contributed by atoms with E-state index in [2.05, 4.69) is 40.8 Å². The second kappa shape index (κ2) is 8.81. The van der Waals surface area contributed by atoms with Gasteiger partial charge in [0, 0.05) is 36.8 Å². The Morgan fingerprint density at radius 3 is 2.81 bits per heavy atom. The van der Waals surface area contributed by atoms with Crippen molar-refractivity contribution in [3.05, 3.63) is 75.5 Å². The second-order valence-electron chi connectivity index (χ2n) is 6.40. The van der Waals surface area contributed by atoms with Crippen molar-refractivity contribution in [1.82, 2.24) is 14.9 Å². The smallest absolute Gasteiger partial charge is 0.261 e. The third kappa shape index (κ3) is 4.61. The highest BCUT2D eigenvalue weighted by Gasteiger charge is 2.12. The number of imidazole rings is 1. The van der Waals surface area contributed by atoms with Gasteiger partial charge in [0.05, 0.1) is 4.88 Å². The summed E-state index contributed by atoms with van der Waals surface area (Å²) in [6.45, 7) is 5.64. The van der Waals surface area contributed by atoms with Crippen molar-refractivity contribution in [2.45, 2.75) is 39.7 Å². The number of nitrogens with zero attached hydrogens (tertiary/aromatic N) is 2. The van der Waals surface area contributed by atoms with Crippen LogP contribution in [0.2, 0.25) is 0 Å². The first-order valence-electron chi connectivity index (χ1n) is 9.08. The molecule has 5 heteroatoms. The van der Waals surface area contributed by atoms with Crippen molar-refractivity contribution in [3.63, 3.8) is 0 Å². The molecule has 0 aliphatic carbocycles. The molecule has 0 saturated carbocycles. The summed E-state index contributed by atoms with van der Waals surface area (Å²) in [5.41, 5.74) is 2.54. The molecule has 0 fully saturated rings. The van der Waals surface area contributed by atoms with E-state index in [1.54, 1.807) is 11.3 Å². The monoisotopic (exact) mass is 367 g/mol. The van der Waals surface area contributed by atoms with Crippen LogP contribution in [0.1, 0.15) is 44.8 Å². The summed E-state index contributed by atoms with van der Waals surface area (Å²) < 4.78 is 2.14. The molecule has 0 atom stereocenters. The van der Waals surface area contributed by atoms with Crippen LogP contribution in [0.4, 0.5) is 0 Å². The predicted octanol–water partition coefficient (Wildman–Crippen LogP) is 4.23. The summed E-state index contributed by atoms with van der Waals surface area (Å²) in [5, 5.41) is 3.03. The van der Waals surface area contributed by atoms with Gasteiger partial charge in [0.15, 0.2) is 0 Å². The van der Waals surface area contributed by atoms with Crippen molar-refractivity contribution >= 4 is 17.2 Å². The predicted molar refractivity (Wildman–Crippen MR) is 107 cm³/mol. The Kier molecular flexibility index (Phi) is 6.23. The Labute approximate surface area is 158 Å². The fourth-order valence-electron chi connectivity index (χ4n) is 3.02. The number of carbonyl (C=O) groups is 1. The van der Waals surface area contributed by atoms with E-state index in [1.807, 2.05) is 36.7 Å². The van der Waals surface area contributed by atoms with Crippen LogP contribution < -0.4 is 5.32 Å². The second-order valence-corrected chi connectivity index (χ2v) is 7.66. The van der Waals surface area contributed by atoms with Crippen molar-refractivity contribution < 1.29 is 4.79 Å². The fraction of sp³-hybridized carbons (Fsp3) is 0.333. The molecule has 0 bridgehead atoms. The molecule has 0 aliphatic rings. The minimum absolute atomic E-state index is 0.0154. The maximum absolute atomic E-state index is 12.4. The Morgan fingerprint density at radius 2 is 2.04 bits per heavy atom. The molecular weight excluding hydrogens is 342 g/mol. The zero-order valence-corrected chi connectivity index (χ0v) is 16.2. The van der Waals surface area contributed by atoms with Gasteiger partial charge < -0.3 is 9.88 Å². The van der Waals surface area contributed by atoms with E-state index < -0.39 is 0 Å². The summed E-state index contributed by atoms with van der Waals surface area (Å²) in [5.74, 6) is 1.00. The van der Waals surface area contributed by atoms with Crippen LogP contribution in [0, 0.1) is 6.92 Å². The SMILES string of the molecule is CCCc1cc(C(=O)NCCc2nccn2Cc2ccccc2)sc1C. The molecule has 1 aromatic carbocycles. The van der Waals surface area contributed by atoms with E-state index in [0.717, 1.165) is 36.5 Å². The van der Waals surface area contributed by atoms with Crippen molar-refractivity contribution in [2.75, 3.05) is 6.54 Å². The molecule has 0 saturated heterocycles. The molecule has 0 radical (unpaired) electrons. The quantitative estimate of drug-likeness (QED) is 0.648. The molecule has 26 heavy (non-hydrogen) atoms. The molecular formula is C21H25N3OS.